The van der Waals surface area contributed by atoms with E-state index >= 15 is 0 Å². The van der Waals surface area contributed by atoms with Gasteiger partial charge >= 0.3 is 0 Å². The van der Waals surface area contributed by atoms with Crippen molar-refractivity contribution in [2.24, 2.45) is 0 Å². The van der Waals surface area contributed by atoms with Crippen molar-refractivity contribution in [2.75, 3.05) is 11.1 Å². The number of aryl methyl sites for hydroxylation is 1. The molecule has 0 bridgehead atoms. The summed E-state index contributed by atoms with van der Waals surface area (Å²) in [6.45, 7) is 3.80. The Bertz CT molecular complexity index is 331. The maximum absolute atomic E-state index is 5.73. The maximum atomic E-state index is 5.73. The molecule has 0 saturated heterocycles. The Hall–Kier alpha value is -1.32. The molecule has 3 N–H and O–H groups in total. The molecule has 1 aliphatic carbocycles. The number of nitrogens with zero attached hydrogens (tertiary/aromatic N) is 2. The molecular weight excluding hydrogens is 164 g/mol. The molecule has 13 heavy (non-hydrogen) atoms. The van der Waals surface area contributed by atoms with Crippen molar-refractivity contribution in [2.45, 2.75) is 32.7 Å². The van der Waals surface area contributed by atoms with E-state index in [1.807, 2.05) is 13.8 Å². The van der Waals surface area contributed by atoms with Crippen molar-refractivity contribution in [3.8, 4) is 0 Å². The highest BCUT2D eigenvalue weighted by atomic mass is 15.1. The number of hydrogen-bond donors (Lipinski definition) is 2. The molecule has 2 rings (SSSR count). The minimum Gasteiger partial charge on any atom is -0.383 e. The van der Waals surface area contributed by atoms with Gasteiger partial charge < -0.3 is 11.1 Å². The SMILES string of the molecule is Cc1nc(N)c(C)c(NC2CC2)n1. The van der Waals surface area contributed by atoms with Gasteiger partial charge in [-0.1, -0.05) is 0 Å². The molecule has 4 heteroatoms. The summed E-state index contributed by atoms with van der Waals surface area (Å²) in [4.78, 5) is 8.40. The second-order valence-corrected chi connectivity index (χ2v) is 3.55. The average molecular weight is 178 g/mol. The quantitative estimate of drug-likeness (QED) is 0.715. The molecule has 1 heterocycles. The van der Waals surface area contributed by atoms with Crippen LogP contribution in [0.3, 0.4) is 0 Å². The smallest absolute Gasteiger partial charge is 0.134 e. The maximum Gasteiger partial charge on any atom is 0.134 e. The Balaban J connectivity index is 2.30. The van der Waals surface area contributed by atoms with Crippen LogP contribution in [0.15, 0.2) is 0 Å². The average Bonchev–Trinajstić information content (AvgIpc) is 2.83. The van der Waals surface area contributed by atoms with Crippen molar-refractivity contribution in [1.82, 2.24) is 9.97 Å². The molecule has 1 aromatic rings. The molecule has 0 unspecified atom stereocenters. The first-order chi connectivity index (χ1) is 6.16. The lowest BCUT2D eigenvalue weighted by Crippen LogP contribution is -2.09. The van der Waals surface area contributed by atoms with Crippen LogP contribution in [0.5, 0.6) is 0 Å². The van der Waals surface area contributed by atoms with Crippen LogP contribution in [-0.2, 0) is 0 Å². The summed E-state index contributed by atoms with van der Waals surface area (Å²) >= 11 is 0. The van der Waals surface area contributed by atoms with Gasteiger partial charge in [0.2, 0.25) is 0 Å². The highest BCUT2D eigenvalue weighted by Crippen LogP contribution is 2.26. The Labute approximate surface area is 77.6 Å². The summed E-state index contributed by atoms with van der Waals surface area (Å²) in [5.74, 6) is 2.20. The number of hydrogen-bond acceptors (Lipinski definition) is 4. The zero-order valence-electron chi connectivity index (χ0n) is 7.96. The second kappa shape index (κ2) is 2.87. The predicted octanol–water partition coefficient (Wildman–Crippen LogP) is 1.25. The van der Waals surface area contributed by atoms with E-state index in [4.69, 9.17) is 5.73 Å². The lowest BCUT2D eigenvalue weighted by atomic mass is 10.3. The fraction of sp³-hybridized carbons (Fsp3) is 0.556. The molecular formula is C9H14N4. The zero-order chi connectivity index (χ0) is 9.42. The number of nitrogens with two attached hydrogens (primary N) is 1. The van der Waals surface area contributed by atoms with Crippen LogP contribution < -0.4 is 11.1 Å². The van der Waals surface area contributed by atoms with Crippen molar-refractivity contribution < 1.29 is 0 Å². The minimum absolute atomic E-state index is 0.579. The van der Waals surface area contributed by atoms with Gasteiger partial charge in [-0.25, -0.2) is 9.97 Å². The van der Waals surface area contributed by atoms with Crippen LogP contribution in [-0.4, -0.2) is 16.0 Å². The van der Waals surface area contributed by atoms with E-state index in [1.165, 1.54) is 12.8 Å². The van der Waals surface area contributed by atoms with Gasteiger partial charge in [-0.05, 0) is 26.7 Å². The Kier molecular flexibility index (Phi) is 1.83. The van der Waals surface area contributed by atoms with Crippen LogP contribution in [0.4, 0.5) is 11.6 Å². The Morgan fingerprint density at radius 2 is 2.00 bits per heavy atom. The summed E-state index contributed by atoms with van der Waals surface area (Å²) in [6, 6.07) is 0.604. The van der Waals surface area contributed by atoms with Crippen LogP contribution in [0, 0.1) is 13.8 Å². The molecule has 0 amide bonds. The third-order valence-corrected chi connectivity index (χ3v) is 2.21. The Morgan fingerprint density at radius 3 is 2.62 bits per heavy atom. The van der Waals surface area contributed by atoms with Gasteiger partial charge in [-0.15, -0.1) is 0 Å². The summed E-state index contributed by atoms with van der Waals surface area (Å²) in [5.41, 5.74) is 6.68. The molecule has 0 spiro atoms. The molecule has 0 aromatic carbocycles. The summed E-state index contributed by atoms with van der Waals surface area (Å²) in [5, 5.41) is 3.33. The van der Waals surface area contributed by atoms with Crippen LogP contribution in [0.1, 0.15) is 24.2 Å². The van der Waals surface area contributed by atoms with Gasteiger partial charge in [-0.2, -0.15) is 0 Å². The monoisotopic (exact) mass is 178 g/mol. The fourth-order valence-corrected chi connectivity index (χ4v) is 1.21. The van der Waals surface area contributed by atoms with Crippen LogP contribution >= 0.6 is 0 Å². The van der Waals surface area contributed by atoms with Crippen LogP contribution in [0.25, 0.3) is 0 Å². The number of rotatable bonds is 2. The first-order valence-electron chi connectivity index (χ1n) is 4.54. The molecule has 0 atom stereocenters. The molecule has 1 saturated carbocycles. The first-order valence-corrected chi connectivity index (χ1v) is 4.54. The van der Waals surface area contributed by atoms with E-state index in [0.717, 1.165) is 17.2 Å². The number of aromatic nitrogens is 2. The van der Waals surface area contributed by atoms with Crippen molar-refractivity contribution >= 4 is 11.6 Å². The standard InChI is InChI=1S/C9H14N4/c1-5-8(10)11-6(2)12-9(5)13-7-3-4-7/h7H,3-4H2,1-2H3,(H3,10,11,12,13). The van der Waals surface area contributed by atoms with Gasteiger partial charge in [0.15, 0.2) is 0 Å². The third-order valence-electron chi connectivity index (χ3n) is 2.21. The van der Waals surface area contributed by atoms with E-state index in [2.05, 4.69) is 15.3 Å². The largest absolute Gasteiger partial charge is 0.383 e. The van der Waals surface area contributed by atoms with Gasteiger partial charge in [0.25, 0.3) is 0 Å². The molecule has 1 fully saturated rings. The predicted molar refractivity (Wildman–Crippen MR) is 52.6 cm³/mol. The lowest BCUT2D eigenvalue weighted by molar-refractivity contribution is 1.01. The molecule has 1 aliphatic rings. The molecule has 1 aromatic heterocycles. The highest BCUT2D eigenvalue weighted by molar-refractivity contribution is 5.55. The zero-order valence-corrected chi connectivity index (χ0v) is 7.96. The first kappa shape index (κ1) is 8.29. The fourth-order valence-electron chi connectivity index (χ4n) is 1.21. The van der Waals surface area contributed by atoms with Gasteiger partial charge in [0.05, 0.1) is 0 Å². The minimum atomic E-state index is 0.579. The van der Waals surface area contributed by atoms with Gasteiger partial charge in [0, 0.05) is 11.6 Å². The number of nitrogen functional groups attached to an aromatic ring is 1. The molecule has 0 radical (unpaired) electrons. The van der Waals surface area contributed by atoms with Crippen LogP contribution in [0.2, 0.25) is 0 Å². The third kappa shape index (κ3) is 1.71. The normalized spacial score (nSPS) is 15.8. The van der Waals surface area contributed by atoms with E-state index in [9.17, 15) is 0 Å². The van der Waals surface area contributed by atoms with E-state index in [0.29, 0.717) is 11.9 Å². The van der Waals surface area contributed by atoms with Crippen molar-refractivity contribution in [3.63, 3.8) is 0 Å². The number of nitrogens with one attached hydrogen (secondary N) is 1. The lowest BCUT2D eigenvalue weighted by Gasteiger charge is -2.09. The van der Waals surface area contributed by atoms with E-state index in [-0.39, 0.29) is 0 Å². The molecule has 4 nitrogen and oxygen atoms in total. The van der Waals surface area contributed by atoms with Crippen molar-refractivity contribution in [3.05, 3.63) is 11.4 Å². The topological polar surface area (TPSA) is 63.8 Å². The highest BCUT2D eigenvalue weighted by Gasteiger charge is 2.22. The van der Waals surface area contributed by atoms with E-state index in [1.54, 1.807) is 0 Å². The van der Waals surface area contributed by atoms with Crippen molar-refractivity contribution in [1.29, 1.82) is 0 Å². The van der Waals surface area contributed by atoms with Gasteiger partial charge in [-0.3, -0.25) is 0 Å². The number of anilines is 2. The van der Waals surface area contributed by atoms with E-state index < -0.39 is 0 Å². The second-order valence-electron chi connectivity index (χ2n) is 3.55. The molecule has 70 valence electrons. The summed E-state index contributed by atoms with van der Waals surface area (Å²) in [6.07, 6.45) is 2.48. The summed E-state index contributed by atoms with van der Waals surface area (Å²) in [7, 11) is 0. The molecule has 0 aliphatic heterocycles. The Morgan fingerprint density at radius 1 is 1.31 bits per heavy atom. The summed E-state index contributed by atoms with van der Waals surface area (Å²) < 4.78 is 0. The van der Waals surface area contributed by atoms with Gasteiger partial charge in [0.1, 0.15) is 17.5 Å².